The van der Waals surface area contributed by atoms with Gasteiger partial charge in [-0.15, -0.1) is 0 Å². The first kappa shape index (κ1) is 20.2. The van der Waals surface area contributed by atoms with Crippen molar-refractivity contribution >= 4 is 16.3 Å². The lowest BCUT2D eigenvalue weighted by atomic mass is 9.98. The molecule has 0 radical (unpaired) electrons. The highest BCUT2D eigenvalue weighted by molar-refractivity contribution is 5.98. The molecule has 0 unspecified atom stereocenters. The van der Waals surface area contributed by atoms with Crippen LogP contribution >= 0.6 is 0 Å². The van der Waals surface area contributed by atoms with Crippen molar-refractivity contribution < 1.29 is 9.14 Å². The number of rotatable bonds is 4. The van der Waals surface area contributed by atoms with Crippen LogP contribution in [0, 0.1) is 0 Å². The molecule has 6 rings (SSSR count). The lowest BCUT2D eigenvalue weighted by Crippen LogP contribution is -2.28. The van der Waals surface area contributed by atoms with Crippen molar-refractivity contribution in [2.75, 3.05) is 7.11 Å². The number of hydrogen-bond acceptors (Lipinski definition) is 1. The number of methoxy groups -OCH3 is 1. The Morgan fingerprint density at radius 2 is 1.15 bits per heavy atom. The molecule has 2 heterocycles. The summed E-state index contributed by atoms with van der Waals surface area (Å²) in [7, 11) is 1.70. The Balaban J connectivity index is 1.69. The molecule has 0 saturated heterocycles. The fraction of sp³-hybridized carbons (Fsp3) is 0.0312. The fourth-order valence-corrected chi connectivity index (χ4v) is 4.71. The lowest BCUT2D eigenvalue weighted by molar-refractivity contribution is -0.485. The maximum absolute atomic E-state index is 5.39. The highest BCUT2D eigenvalue weighted by Crippen LogP contribution is 2.31. The first-order chi connectivity index (χ1) is 16.8. The number of aromatic nitrogens is 1. The summed E-state index contributed by atoms with van der Waals surface area (Å²) >= 11 is 0. The highest BCUT2D eigenvalue weighted by atomic mass is 16.5. The zero-order valence-corrected chi connectivity index (χ0v) is 19.0. The average molecular weight is 439 g/mol. The van der Waals surface area contributed by atoms with Gasteiger partial charge in [-0.2, -0.15) is 4.40 Å². The van der Waals surface area contributed by atoms with Crippen molar-refractivity contribution in [1.82, 2.24) is 0 Å². The minimum absolute atomic E-state index is 0.857. The average Bonchev–Trinajstić information content (AvgIpc) is 2.93. The smallest absolute Gasteiger partial charge is 0.219 e. The first-order valence-corrected chi connectivity index (χ1v) is 11.5. The molecule has 0 aliphatic carbocycles. The van der Waals surface area contributed by atoms with Crippen LogP contribution in [0.15, 0.2) is 127 Å². The van der Waals surface area contributed by atoms with E-state index in [1.807, 2.05) is 12.1 Å². The van der Waals surface area contributed by atoms with Gasteiger partial charge in [0, 0.05) is 29.3 Å². The van der Waals surface area contributed by atoms with E-state index < -0.39 is 0 Å². The van der Waals surface area contributed by atoms with Gasteiger partial charge in [0.25, 0.3) is 0 Å². The van der Waals surface area contributed by atoms with Gasteiger partial charge in [-0.3, -0.25) is 0 Å². The largest absolute Gasteiger partial charge is 0.497 e. The highest BCUT2D eigenvalue weighted by Gasteiger charge is 2.22. The van der Waals surface area contributed by atoms with Gasteiger partial charge in [0.1, 0.15) is 5.75 Å². The topological polar surface area (TPSA) is 13.3 Å². The predicted molar refractivity (Wildman–Crippen MR) is 140 cm³/mol. The number of hydrogen-bond donors (Lipinski definition) is 0. The van der Waals surface area contributed by atoms with Gasteiger partial charge >= 0.3 is 0 Å². The first-order valence-electron chi connectivity index (χ1n) is 11.5. The van der Waals surface area contributed by atoms with Crippen LogP contribution in [0.2, 0.25) is 0 Å². The molecule has 0 amide bonds. The quantitative estimate of drug-likeness (QED) is 0.204. The lowest BCUT2D eigenvalue weighted by Gasteiger charge is -2.10. The van der Waals surface area contributed by atoms with Crippen LogP contribution in [-0.2, 0) is 0 Å². The Labute approximate surface area is 199 Å². The number of nitrogens with zero attached hydrogens (tertiary/aromatic N) is 1. The van der Waals surface area contributed by atoms with Gasteiger partial charge in [-0.05, 0) is 65.0 Å². The van der Waals surface area contributed by atoms with E-state index in [1.165, 1.54) is 38.7 Å². The number of ether oxygens (including phenoxy) is 1. The van der Waals surface area contributed by atoms with Crippen LogP contribution < -0.4 is 9.14 Å². The molecule has 0 atom stereocenters. The molecule has 2 nitrogen and oxygen atoms in total. The van der Waals surface area contributed by atoms with E-state index in [-0.39, 0.29) is 0 Å². The zero-order valence-electron chi connectivity index (χ0n) is 19.0. The number of pyridine rings is 2. The Morgan fingerprint density at radius 1 is 0.500 bits per heavy atom. The van der Waals surface area contributed by atoms with Crippen LogP contribution in [0.5, 0.6) is 5.75 Å². The molecule has 2 heteroatoms. The van der Waals surface area contributed by atoms with E-state index in [4.69, 9.17) is 4.74 Å². The third kappa shape index (κ3) is 3.50. The second kappa shape index (κ2) is 8.49. The predicted octanol–water partition coefficient (Wildman–Crippen LogP) is 7.59. The molecule has 162 valence electrons. The van der Waals surface area contributed by atoms with Crippen LogP contribution in [-0.4, -0.2) is 7.11 Å². The van der Waals surface area contributed by atoms with E-state index in [2.05, 4.69) is 120 Å². The molecule has 0 N–H and O–H groups in total. The molecule has 0 aliphatic heterocycles. The van der Waals surface area contributed by atoms with E-state index in [9.17, 15) is 0 Å². The third-order valence-electron chi connectivity index (χ3n) is 6.41. The molecule has 34 heavy (non-hydrogen) atoms. The fourth-order valence-electron chi connectivity index (χ4n) is 4.71. The molecule has 0 saturated carbocycles. The molecule has 0 spiro atoms. The Morgan fingerprint density at radius 3 is 1.85 bits per heavy atom. The molecule has 0 bridgehead atoms. The number of fused-ring (bicyclic) bond motifs is 3. The van der Waals surface area contributed by atoms with E-state index in [0.29, 0.717) is 0 Å². The van der Waals surface area contributed by atoms with Crippen LogP contribution in [0.25, 0.3) is 49.9 Å². The normalized spacial score (nSPS) is 11.1. The van der Waals surface area contributed by atoms with Gasteiger partial charge in [0.15, 0.2) is 0 Å². The Hall–Kier alpha value is -4.43. The van der Waals surface area contributed by atoms with Gasteiger partial charge in [-0.1, -0.05) is 60.7 Å². The maximum Gasteiger partial charge on any atom is 0.219 e. The van der Waals surface area contributed by atoms with Gasteiger partial charge < -0.3 is 4.74 Å². The summed E-state index contributed by atoms with van der Waals surface area (Å²) in [4.78, 5) is 0. The molecule has 2 aromatic heterocycles. The Kier molecular flexibility index (Phi) is 5.04. The summed E-state index contributed by atoms with van der Waals surface area (Å²) in [6.45, 7) is 0. The minimum atomic E-state index is 0.857. The van der Waals surface area contributed by atoms with Crippen molar-refractivity contribution in [3.63, 3.8) is 0 Å². The van der Waals surface area contributed by atoms with Gasteiger partial charge in [-0.25, -0.2) is 0 Å². The summed E-state index contributed by atoms with van der Waals surface area (Å²) in [6, 6.07) is 45.1. The zero-order chi connectivity index (χ0) is 22.9. The van der Waals surface area contributed by atoms with Crippen LogP contribution in [0.1, 0.15) is 0 Å². The maximum atomic E-state index is 5.39. The summed E-state index contributed by atoms with van der Waals surface area (Å²) < 4.78 is 7.77. The molecule has 4 aromatic carbocycles. The van der Waals surface area contributed by atoms with E-state index >= 15 is 0 Å². The second-order valence-corrected chi connectivity index (χ2v) is 8.42. The SMILES string of the molecule is COc1ccc(-c2cccc3c4cc(-c5ccccc5)ccc4cc(-c4ccccc4)[n+]23)cc1. The summed E-state index contributed by atoms with van der Waals surface area (Å²) in [5, 5.41) is 2.46. The summed E-state index contributed by atoms with van der Waals surface area (Å²) in [5.41, 5.74) is 8.27. The number of benzene rings is 4. The molecule has 0 aliphatic rings. The van der Waals surface area contributed by atoms with Crippen molar-refractivity contribution in [2.45, 2.75) is 0 Å². The third-order valence-corrected chi connectivity index (χ3v) is 6.41. The van der Waals surface area contributed by atoms with Gasteiger partial charge in [0.05, 0.1) is 12.5 Å². The van der Waals surface area contributed by atoms with Crippen LogP contribution in [0.3, 0.4) is 0 Å². The van der Waals surface area contributed by atoms with E-state index in [1.54, 1.807) is 7.11 Å². The van der Waals surface area contributed by atoms with Crippen LogP contribution in [0.4, 0.5) is 0 Å². The second-order valence-electron chi connectivity index (χ2n) is 8.42. The monoisotopic (exact) mass is 438 g/mol. The molecular formula is C32H24NO+. The van der Waals surface area contributed by atoms with Crippen molar-refractivity contribution in [3.05, 3.63) is 127 Å². The van der Waals surface area contributed by atoms with Gasteiger partial charge in [0.2, 0.25) is 16.9 Å². The van der Waals surface area contributed by atoms with E-state index in [0.717, 1.165) is 17.0 Å². The summed E-state index contributed by atoms with van der Waals surface area (Å²) in [6.07, 6.45) is 0. The molecule has 6 aromatic rings. The molecule has 0 fully saturated rings. The van der Waals surface area contributed by atoms with Crippen molar-refractivity contribution in [2.24, 2.45) is 0 Å². The standard InChI is InChI=1S/C32H24NO/c1-34-28-19-17-25(18-20-28)30-13-8-14-31-29-21-26(23-9-4-2-5-10-23)15-16-27(29)22-32(33(30)31)24-11-6-3-7-12-24/h2-22H,1H3/q+1. The van der Waals surface area contributed by atoms with Crippen molar-refractivity contribution in [3.8, 4) is 39.4 Å². The Bertz CT molecular complexity index is 1600. The summed E-state index contributed by atoms with van der Waals surface area (Å²) in [5.74, 6) is 0.857. The minimum Gasteiger partial charge on any atom is -0.497 e. The van der Waals surface area contributed by atoms with Crippen molar-refractivity contribution in [1.29, 1.82) is 0 Å². The molecular weight excluding hydrogens is 414 g/mol.